The molecule has 0 unspecified atom stereocenters. The quantitative estimate of drug-likeness (QED) is 0.474. The summed E-state index contributed by atoms with van der Waals surface area (Å²) in [4.78, 5) is 30.6. The summed E-state index contributed by atoms with van der Waals surface area (Å²) >= 11 is 3.39. The first kappa shape index (κ1) is 21.0. The summed E-state index contributed by atoms with van der Waals surface area (Å²) in [6, 6.07) is 0. The number of hydrogen-bond acceptors (Lipinski definition) is 4. The van der Waals surface area contributed by atoms with E-state index in [9.17, 15) is 9.59 Å². The maximum Gasteiger partial charge on any atom is 0.282 e. The van der Waals surface area contributed by atoms with E-state index in [4.69, 9.17) is 0 Å². The Labute approximate surface area is 201 Å². The molecule has 0 aromatic rings. The van der Waals surface area contributed by atoms with E-state index in [1.54, 1.807) is 23.5 Å². The highest BCUT2D eigenvalue weighted by Crippen LogP contribution is 2.62. The van der Waals surface area contributed by atoms with Gasteiger partial charge in [0.1, 0.15) is 0 Å². The highest BCUT2D eigenvalue weighted by Gasteiger charge is 2.54. The largest absolute Gasteiger partial charge is 0.330 e. The number of thioether (sulfide) groups is 2. The van der Waals surface area contributed by atoms with Crippen molar-refractivity contribution in [1.29, 1.82) is 0 Å². The summed E-state index contributed by atoms with van der Waals surface area (Å²) in [5.74, 6) is 5.32. The Morgan fingerprint density at radius 2 is 0.750 bits per heavy atom. The molecule has 0 radical (unpaired) electrons. The van der Waals surface area contributed by atoms with E-state index in [1.807, 2.05) is 0 Å². The normalized spacial score (nSPS) is 48.5. The minimum atomic E-state index is 0.243. The van der Waals surface area contributed by atoms with E-state index in [2.05, 4.69) is 9.80 Å². The molecule has 8 bridgehead atoms. The number of carbonyl (C=O) groups is 2. The molecule has 0 N–H and O–H groups in total. The summed E-state index contributed by atoms with van der Waals surface area (Å²) in [5, 5.41) is 0.598. The van der Waals surface area contributed by atoms with Gasteiger partial charge < -0.3 is 9.80 Å². The van der Waals surface area contributed by atoms with E-state index >= 15 is 0 Å². The van der Waals surface area contributed by atoms with Crippen molar-refractivity contribution in [3.8, 4) is 0 Å². The molecule has 9 rings (SSSR count). The second-order valence-corrected chi connectivity index (χ2v) is 15.7. The molecule has 9 fully saturated rings. The van der Waals surface area contributed by atoms with Gasteiger partial charge in [-0.3, -0.25) is 9.59 Å². The van der Waals surface area contributed by atoms with E-state index in [-0.39, 0.29) is 9.49 Å². The van der Waals surface area contributed by atoms with Crippen LogP contribution in [0.25, 0.3) is 0 Å². The van der Waals surface area contributed by atoms with Crippen LogP contribution in [-0.4, -0.2) is 56.0 Å². The molecule has 8 aliphatic carbocycles. The number of amides is 2. The fourth-order valence-corrected chi connectivity index (χ4v) is 13.2. The molecule has 6 heteroatoms. The van der Waals surface area contributed by atoms with Gasteiger partial charge in [-0.15, -0.1) is 0 Å². The summed E-state index contributed by atoms with van der Waals surface area (Å²) in [7, 11) is 0. The van der Waals surface area contributed by atoms with Crippen molar-refractivity contribution in [2.24, 2.45) is 35.5 Å². The summed E-state index contributed by atoms with van der Waals surface area (Å²) in [6.45, 7) is 2.91. The van der Waals surface area contributed by atoms with Gasteiger partial charge in [0.05, 0.1) is 0 Å². The first-order chi connectivity index (χ1) is 15.4. The lowest BCUT2D eigenvalue weighted by molar-refractivity contribution is 0.0381. The molecule has 32 heavy (non-hydrogen) atoms. The van der Waals surface area contributed by atoms with Gasteiger partial charge in [-0.1, -0.05) is 23.5 Å². The van der Waals surface area contributed by atoms with Crippen molar-refractivity contribution in [2.75, 3.05) is 26.2 Å². The van der Waals surface area contributed by atoms with Crippen LogP contribution >= 0.6 is 23.5 Å². The van der Waals surface area contributed by atoms with E-state index < -0.39 is 0 Å². The maximum atomic E-state index is 13.2. The zero-order valence-corrected chi connectivity index (χ0v) is 20.9. The Hall–Kier alpha value is -0.360. The maximum absolute atomic E-state index is 13.2. The van der Waals surface area contributed by atoms with Crippen LogP contribution in [0.5, 0.6) is 0 Å². The lowest BCUT2D eigenvalue weighted by atomic mass is 9.56. The lowest BCUT2D eigenvalue weighted by Gasteiger charge is -2.56. The highest BCUT2D eigenvalue weighted by atomic mass is 32.2. The number of carbonyl (C=O) groups excluding carboxylic acids is 2. The predicted octanol–water partition coefficient (Wildman–Crippen LogP) is 6.25. The number of piperazine rings is 1. The van der Waals surface area contributed by atoms with Gasteiger partial charge in [0.25, 0.3) is 10.5 Å². The molecule has 1 saturated heterocycles. The Balaban J connectivity index is 0.938. The third-order valence-corrected chi connectivity index (χ3v) is 13.1. The van der Waals surface area contributed by atoms with Gasteiger partial charge in [0.2, 0.25) is 0 Å². The van der Waals surface area contributed by atoms with Gasteiger partial charge in [0.15, 0.2) is 0 Å². The molecule has 4 nitrogen and oxygen atoms in total. The second-order valence-electron chi connectivity index (χ2n) is 12.9. The van der Waals surface area contributed by atoms with Crippen LogP contribution < -0.4 is 0 Å². The van der Waals surface area contributed by atoms with Gasteiger partial charge >= 0.3 is 0 Å². The standard InChI is InChI=1S/C26H38N2O2S2/c29-23(31-25-11-17-5-18(12-25)7-19(6-17)13-25)27-1-2-28(4-3-27)24(30)32-26-14-20-8-21(15-26)10-22(9-20)16-26/h17-22H,1-16H2. The molecule has 176 valence electrons. The Bertz CT molecular complexity index is 669. The average Bonchev–Trinajstić information content (AvgIpc) is 2.71. The molecule has 0 aromatic carbocycles. The fourth-order valence-electron chi connectivity index (χ4n) is 9.88. The van der Waals surface area contributed by atoms with Gasteiger partial charge in [-0.25, -0.2) is 0 Å². The average molecular weight is 475 g/mol. The Morgan fingerprint density at radius 3 is 1.00 bits per heavy atom. The first-order valence-corrected chi connectivity index (χ1v) is 15.0. The molecular weight excluding hydrogens is 436 g/mol. The van der Waals surface area contributed by atoms with Crippen LogP contribution in [-0.2, 0) is 0 Å². The van der Waals surface area contributed by atoms with E-state index in [0.29, 0.717) is 10.5 Å². The van der Waals surface area contributed by atoms with Crippen molar-refractivity contribution < 1.29 is 9.59 Å². The highest BCUT2D eigenvalue weighted by molar-refractivity contribution is 8.15. The molecule has 0 atom stereocenters. The second kappa shape index (κ2) is 7.57. The van der Waals surface area contributed by atoms with Crippen LogP contribution in [0.3, 0.4) is 0 Å². The SMILES string of the molecule is O=C(SC12CC3CC(CC(C3)C1)C2)N1CCN(C(=O)SC23CC4CC(CC(C4)C2)C3)CC1. The topological polar surface area (TPSA) is 40.6 Å². The van der Waals surface area contributed by atoms with Crippen molar-refractivity contribution in [2.45, 2.75) is 86.5 Å². The van der Waals surface area contributed by atoms with E-state index in [1.165, 1.54) is 77.0 Å². The van der Waals surface area contributed by atoms with Crippen molar-refractivity contribution in [3.63, 3.8) is 0 Å². The smallest absolute Gasteiger partial charge is 0.282 e. The minimum absolute atomic E-state index is 0.243. The van der Waals surface area contributed by atoms with Gasteiger partial charge in [-0.05, 0) is 113 Å². The van der Waals surface area contributed by atoms with Crippen LogP contribution in [0.4, 0.5) is 9.59 Å². The van der Waals surface area contributed by atoms with E-state index in [0.717, 1.165) is 61.7 Å². The van der Waals surface area contributed by atoms with Gasteiger partial charge in [0, 0.05) is 35.7 Å². The molecule has 1 heterocycles. The number of hydrogen-bond donors (Lipinski definition) is 0. The van der Waals surface area contributed by atoms with Crippen molar-refractivity contribution >= 4 is 34.0 Å². The summed E-state index contributed by atoms with van der Waals surface area (Å²) in [5.41, 5.74) is 0. The van der Waals surface area contributed by atoms with Crippen LogP contribution in [0.2, 0.25) is 0 Å². The zero-order valence-electron chi connectivity index (χ0n) is 19.3. The van der Waals surface area contributed by atoms with Crippen LogP contribution in [0, 0.1) is 35.5 Å². The minimum Gasteiger partial charge on any atom is -0.330 e. The molecule has 0 spiro atoms. The zero-order chi connectivity index (χ0) is 21.5. The third kappa shape index (κ3) is 3.65. The van der Waals surface area contributed by atoms with Crippen molar-refractivity contribution in [3.05, 3.63) is 0 Å². The Morgan fingerprint density at radius 1 is 0.500 bits per heavy atom. The van der Waals surface area contributed by atoms with Crippen molar-refractivity contribution in [1.82, 2.24) is 9.80 Å². The molecular formula is C26H38N2O2S2. The summed E-state index contributed by atoms with van der Waals surface area (Å²) < 4.78 is 0.486. The molecule has 1 aliphatic heterocycles. The third-order valence-electron chi connectivity index (χ3n) is 10.4. The van der Waals surface area contributed by atoms with Crippen LogP contribution in [0.1, 0.15) is 77.0 Å². The molecule has 8 saturated carbocycles. The molecule has 2 amide bonds. The number of rotatable bonds is 2. The lowest BCUT2D eigenvalue weighted by Crippen LogP contribution is -2.53. The summed E-state index contributed by atoms with van der Waals surface area (Å²) in [6.07, 6.45) is 16.2. The predicted molar refractivity (Wildman–Crippen MR) is 131 cm³/mol. The number of nitrogens with zero attached hydrogens (tertiary/aromatic N) is 2. The monoisotopic (exact) mass is 474 g/mol. The molecule has 9 aliphatic rings. The van der Waals surface area contributed by atoms with Crippen LogP contribution in [0.15, 0.2) is 0 Å². The van der Waals surface area contributed by atoms with Gasteiger partial charge in [-0.2, -0.15) is 0 Å². The first-order valence-electron chi connectivity index (χ1n) is 13.4. The Kier molecular flexibility index (Phi) is 4.96. The molecule has 0 aromatic heterocycles. The fraction of sp³-hybridized carbons (Fsp3) is 0.923.